The second-order valence-electron chi connectivity index (χ2n) is 3.70. The van der Waals surface area contributed by atoms with Crippen LogP contribution >= 0.6 is 0 Å². The lowest BCUT2D eigenvalue weighted by molar-refractivity contribution is 0.576. The molecule has 0 saturated carbocycles. The molecule has 0 fully saturated rings. The number of hydrogen-bond donors (Lipinski definition) is 2. The van der Waals surface area contributed by atoms with Gasteiger partial charge in [0.25, 0.3) is 0 Å². The molecular formula is C11H16N4O2S. The average Bonchev–Trinajstić information content (AvgIpc) is 2.35. The Morgan fingerprint density at radius 1 is 1.39 bits per heavy atom. The normalized spacial score (nSPS) is 11.1. The lowest BCUT2D eigenvalue weighted by Crippen LogP contribution is -2.29. The molecule has 0 aliphatic carbocycles. The van der Waals surface area contributed by atoms with Crippen molar-refractivity contribution in [3.8, 4) is 6.07 Å². The van der Waals surface area contributed by atoms with Crippen LogP contribution in [0.15, 0.2) is 24.5 Å². The number of aromatic nitrogens is 1. The molecule has 0 radical (unpaired) electrons. The zero-order chi connectivity index (χ0) is 13.3. The summed E-state index contributed by atoms with van der Waals surface area (Å²) in [5.74, 6) is -0.490. The molecule has 18 heavy (non-hydrogen) atoms. The highest BCUT2D eigenvalue weighted by Gasteiger charge is 2.07. The van der Waals surface area contributed by atoms with Crippen molar-refractivity contribution >= 4 is 10.0 Å². The molecule has 0 bridgehead atoms. The molecule has 2 N–H and O–H groups in total. The number of nitriles is 1. The van der Waals surface area contributed by atoms with E-state index in [0.717, 1.165) is 5.56 Å². The standard InChI is InChI=1S/C11H16N4O2S/c12-4-8-18(16,17)15-7-2-6-14-10-11-3-1-5-13-9-11/h1,3,5,9,14-15H,2,6-8,10H2. The van der Waals surface area contributed by atoms with E-state index in [-0.39, 0.29) is 0 Å². The van der Waals surface area contributed by atoms with E-state index < -0.39 is 15.8 Å². The summed E-state index contributed by atoms with van der Waals surface area (Å²) in [7, 11) is -3.42. The van der Waals surface area contributed by atoms with E-state index in [4.69, 9.17) is 5.26 Å². The van der Waals surface area contributed by atoms with Crippen molar-refractivity contribution in [2.24, 2.45) is 0 Å². The quantitative estimate of drug-likeness (QED) is 0.647. The summed E-state index contributed by atoms with van der Waals surface area (Å²) in [5.41, 5.74) is 1.09. The molecule has 0 aliphatic heterocycles. The molecule has 0 unspecified atom stereocenters. The molecule has 0 aromatic carbocycles. The van der Waals surface area contributed by atoms with Crippen molar-refractivity contribution in [3.63, 3.8) is 0 Å². The monoisotopic (exact) mass is 268 g/mol. The minimum atomic E-state index is -3.42. The zero-order valence-corrected chi connectivity index (χ0v) is 10.8. The molecule has 0 saturated heterocycles. The van der Waals surface area contributed by atoms with Gasteiger partial charge in [0.2, 0.25) is 10.0 Å². The van der Waals surface area contributed by atoms with Crippen molar-refractivity contribution < 1.29 is 8.42 Å². The number of nitrogens with zero attached hydrogens (tertiary/aromatic N) is 2. The highest BCUT2D eigenvalue weighted by Crippen LogP contribution is 1.94. The SMILES string of the molecule is N#CCS(=O)(=O)NCCCNCc1cccnc1. The summed E-state index contributed by atoms with van der Waals surface area (Å²) in [6, 6.07) is 5.44. The van der Waals surface area contributed by atoms with Crippen LogP contribution in [0.4, 0.5) is 0 Å². The van der Waals surface area contributed by atoms with Crippen molar-refractivity contribution in [3.05, 3.63) is 30.1 Å². The molecular weight excluding hydrogens is 252 g/mol. The minimum absolute atomic E-state index is 0.337. The fourth-order valence-electron chi connectivity index (χ4n) is 1.31. The van der Waals surface area contributed by atoms with Crippen LogP contribution in [-0.2, 0) is 16.6 Å². The van der Waals surface area contributed by atoms with E-state index in [9.17, 15) is 8.42 Å². The van der Waals surface area contributed by atoms with E-state index in [1.165, 1.54) is 0 Å². The summed E-state index contributed by atoms with van der Waals surface area (Å²) >= 11 is 0. The first-order valence-corrected chi connectivity index (χ1v) is 7.23. The molecule has 1 heterocycles. The summed E-state index contributed by atoms with van der Waals surface area (Å²) < 4.78 is 24.6. The van der Waals surface area contributed by atoms with Gasteiger partial charge in [-0.25, -0.2) is 13.1 Å². The third-order valence-corrected chi connectivity index (χ3v) is 3.31. The van der Waals surface area contributed by atoms with Crippen molar-refractivity contribution in [2.75, 3.05) is 18.8 Å². The van der Waals surface area contributed by atoms with Gasteiger partial charge in [0.1, 0.15) is 0 Å². The number of sulfonamides is 1. The Kier molecular flexibility index (Phi) is 6.28. The maximum Gasteiger partial charge on any atom is 0.225 e. The van der Waals surface area contributed by atoms with Crippen LogP contribution in [0.25, 0.3) is 0 Å². The Morgan fingerprint density at radius 3 is 2.89 bits per heavy atom. The van der Waals surface area contributed by atoms with Gasteiger partial charge in [-0.15, -0.1) is 0 Å². The van der Waals surface area contributed by atoms with Crippen LogP contribution < -0.4 is 10.0 Å². The molecule has 0 aliphatic rings. The van der Waals surface area contributed by atoms with Gasteiger partial charge in [0.15, 0.2) is 5.75 Å². The Bertz CT molecular complexity index is 482. The zero-order valence-electron chi connectivity index (χ0n) is 9.96. The van der Waals surface area contributed by atoms with E-state index in [1.54, 1.807) is 18.5 Å². The second-order valence-corrected chi connectivity index (χ2v) is 5.51. The third-order valence-electron chi connectivity index (χ3n) is 2.16. The summed E-state index contributed by atoms with van der Waals surface area (Å²) in [4.78, 5) is 3.99. The van der Waals surface area contributed by atoms with Gasteiger partial charge in [-0.05, 0) is 24.6 Å². The van der Waals surface area contributed by atoms with Gasteiger partial charge >= 0.3 is 0 Å². The number of nitrogens with one attached hydrogen (secondary N) is 2. The van der Waals surface area contributed by atoms with Crippen LogP contribution in [0.2, 0.25) is 0 Å². The summed E-state index contributed by atoms with van der Waals surface area (Å²) in [6.45, 7) is 1.74. The van der Waals surface area contributed by atoms with Crippen molar-refractivity contribution in [1.82, 2.24) is 15.0 Å². The molecule has 98 valence electrons. The Labute approximate surface area is 107 Å². The van der Waals surface area contributed by atoms with E-state index in [2.05, 4.69) is 15.0 Å². The lowest BCUT2D eigenvalue weighted by atomic mass is 10.3. The maximum atomic E-state index is 11.1. The molecule has 1 rings (SSSR count). The highest BCUT2D eigenvalue weighted by atomic mass is 32.2. The smallest absolute Gasteiger partial charge is 0.225 e. The van der Waals surface area contributed by atoms with Gasteiger partial charge in [-0.2, -0.15) is 5.26 Å². The highest BCUT2D eigenvalue weighted by molar-refractivity contribution is 7.89. The van der Waals surface area contributed by atoms with Gasteiger partial charge in [-0.1, -0.05) is 6.07 Å². The van der Waals surface area contributed by atoms with Crippen molar-refractivity contribution in [2.45, 2.75) is 13.0 Å². The first kappa shape index (κ1) is 14.6. The largest absolute Gasteiger partial charge is 0.313 e. The lowest BCUT2D eigenvalue weighted by Gasteiger charge is -2.05. The predicted octanol–water partition coefficient (Wildman–Crippen LogP) is 0.00428. The molecule has 0 spiro atoms. The van der Waals surface area contributed by atoms with Gasteiger partial charge in [0, 0.05) is 25.5 Å². The van der Waals surface area contributed by atoms with Crippen LogP contribution in [0.3, 0.4) is 0 Å². The van der Waals surface area contributed by atoms with E-state index in [1.807, 2.05) is 12.1 Å². The first-order chi connectivity index (χ1) is 8.64. The fraction of sp³-hybridized carbons (Fsp3) is 0.455. The predicted molar refractivity (Wildman–Crippen MR) is 68.0 cm³/mol. The van der Waals surface area contributed by atoms with Crippen LogP contribution in [0.5, 0.6) is 0 Å². The molecule has 0 atom stereocenters. The topological polar surface area (TPSA) is 94.9 Å². The van der Waals surface area contributed by atoms with Crippen LogP contribution in [-0.4, -0.2) is 32.2 Å². The Morgan fingerprint density at radius 2 is 2.22 bits per heavy atom. The van der Waals surface area contributed by atoms with Crippen LogP contribution in [0.1, 0.15) is 12.0 Å². The van der Waals surface area contributed by atoms with E-state index in [0.29, 0.717) is 26.1 Å². The van der Waals surface area contributed by atoms with E-state index >= 15 is 0 Å². The number of rotatable bonds is 8. The molecule has 1 aromatic rings. The average molecular weight is 268 g/mol. The van der Waals surface area contributed by atoms with Gasteiger partial charge < -0.3 is 5.32 Å². The van der Waals surface area contributed by atoms with Crippen molar-refractivity contribution in [1.29, 1.82) is 5.26 Å². The molecule has 7 heteroatoms. The minimum Gasteiger partial charge on any atom is -0.313 e. The number of hydrogen-bond acceptors (Lipinski definition) is 5. The fourth-order valence-corrected chi connectivity index (χ4v) is 2.04. The summed E-state index contributed by atoms with van der Waals surface area (Å²) in [5, 5.41) is 11.5. The first-order valence-electron chi connectivity index (χ1n) is 5.58. The molecule has 0 amide bonds. The van der Waals surface area contributed by atoms with Gasteiger partial charge in [-0.3, -0.25) is 4.98 Å². The molecule has 1 aromatic heterocycles. The second kappa shape index (κ2) is 7.76. The van der Waals surface area contributed by atoms with Crippen LogP contribution in [0, 0.1) is 11.3 Å². The Balaban J connectivity index is 2.08. The Hall–Kier alpha value is -1.49. The number of pyridine rings is 1. The van der Waals surface area contributed by atoms with Gasteiger partial charge in [0.05, 0.1) is 6.07 Å². The maximum absolute atomic E-state index is 11.1. The summed E-state index contributed by atoms with van der Waals surface area (Å²) in [6.07, 6.45) is 4.17. The molecule has 6 nitrogen and oxygen atoms in total. The third kappa shape index (κ3) is 6.30.